The Morgan fingerprint density at radius 3 is 1.74 bits per heavy atom. The molecule has 4 atom stereocenters. The summed E-state index contributed by atoms with van der Waals surface area (Å²) in [5.41, 5.74) is 16.7. The Kier molecular flexibility index (Phi) is 14.7. The van der Waals surface area contributed by atoms with Crippen molar-refractivity contribution in [2.75, 3.05) is 6.54 Å². The molecule has 4 unspecified atom stereocenters. The van der Waals surface area contributed by atoms with Crippen molar-refractivity contribution in [1.29, 1.82) is 0 Å². The number of primary amides is 1. The standard InChI is InChI=1S/C22H42N6O6/c1-12(2)9-14(24)19(30)26-15(7-5-6-8-23)20(31)27-16(11-18(25)29)21(32)28-17(22(33)34)10-13(3)4/h12-17H,5-11,23-24H2,1-4H3,(H2,25,29)(H,26,30)(H,27,31)(H,28,32)(H,33,34). The molecule has 34 heavy (non-hydrogen) atoms. The minimum absolute atomic E-state index is 0.0252. The maximum absolute atomic E-state index is 13.0. The van der Waals surface area contributed by atoms with Crippen LogP contribution in [-0.4, -0.2) is 65.4 Å². The predicted molar refractivity (Wildman–Crippen MR) is 127 cm³/mol. The van der Waals surface area contributed by atoms with E-state index < -0.39 is 60.2 Å². The lowest BCUT2D eigenvalue weighted by molar-refractivity contribution is -0.143. The number of carbonyl (C=O) groups excluding carboxylic acids is 4. The molecular formula is C22H42N6O6. The van der Waals surface area contributed by atoms with Crippen molar-refractivity contribution in [2.24, 2.45) is 29.0 Å². The second-order valence-electron chi connectivity index (χ2n) is 9.34. The Balaban J connectivity index is 5.52. The lowest BCUT2D eigenvalue weighted by atomic mass is 10.0. The molecule has 0 saturated carbocycles. The van der Waals surface area contributed by atoms with Crippen LogP contribution >= 0.6 is 0 Å². The maximum atomic E-state index is 13.0. The first-order valence-electron chi connectivity index (χ1n) is 11.7. The van der Waals surface area contributed by atoms with E-state index >= 15 is 0 Å². The first-order valence-corrected chi connectivity index (χ1v) is 11.7. The third kappa shape index (κ3) is 13.1. The fraction of sp³-hybridized carbons (Fsp3) is 0.773. The molecule has 0 aliphatic rings. The van der Waals surface area contributed by atoms with Crippen molar-refractivity contribution in [3.05, 3.63) is 0 Å². The summed E-state index contributed by atoms with van der Waals surface area (Å²) in [5.74, 6) is -4.04. The van der Waals surface area contributed by atoms with Crippen LogP contribution in [0.25, 0.3) is 0 Å². The summed E-state index contributed by atoms with van der Waals surface area (Å²) in [7, 11) is 0. The zero-order valence-corrected chi connectivity index (χ0v) is 20.6. The lowest BCUT2D eigenvalue weighted by Gasteiger charge is -2.25. The molecule has 0 aliphatic heterocycles. The van der Waals surface area contributed by atoms with E-state index in [2.05, 4.69) is 16.0 Å². The number of rotatable bonds is 17. The van der Waals surface area contributed by atoms with Crippen molar-refractivity contribution in [3.8, 4) is 0 Å². The van der Waals surface area contributed by atoms with Crippen LogP contribution in [0.15, 0.2) is 0 Å². The topological polar surface area (TPSA) is 220 Å². The number of aliphatic carboxylic acids is 1. The van der Waals surface area contributed by atoms with Gasteiger partial charge in [-0.25, -0.2) is 4.79 Å². The quantitative estimate of drug-likeness (QED) is 0.125. The van der Waals surface area contributed by atoms with Gasteiger partial charge in [-0.3, -0.25) is 19.2 Å². The molecule has 0 heterocycles. The summed E-state index contributed by atoms with van der Waals surface area (Å²) in [6.45, 7) is 7.81. The van der Waals surface area contributed by atoms with Gasteiger partial charge in [-0.05, 0) is 50.5 Å². The summed E-state index contributed by atoms with van der Waals surface area (Å²) < 4.78 is 0. The monoisotopic (exact) mass is 486 g/mol. The van der Waals surface area contributed by atoms with Gasteiger partial charge in [-0.2, -0.15) is 0 Å². The Labute approximate surface area is 201 Å². The van der Waals surface area contributed by atoms with Crippen LogP contribution in [0.5, 0.6) is 0 Å². The molecule has 0 aromatic heterocycles. The van der Waals surface area contributed by atoms with Gasteiger partial charge in [0.25, 0.3) is 0 Å². The molecule has 10 N–H and O–H groups in total. The van der Waals surface area contributed by atoms with Crippen LogP contribution in [0.4, 0.5) is 0 Å². The second kappa shape index (κ2) is 16.0. The third-order valence-corrected chi connectivity index (χ3v) is 5.00. The average molecular weight is 487 g/mol. The molecule has 0 aromatic carbocycles. The summed E-state index contributed by atoms with van der Waals surface area (Å²) in [6.07, 6.45) is 1.40. The van der Waals surface area contributed by atoms with Crippen LogP contribution in [0, 0.1) is 11.8 Å². The number of hydrogen-bond acceptors (Lipinski definition) is 7. The number of carboxylic acids is 1. The van der Waals surface area contributed by atoms with Crippen molar-refractivity contribution >= 4 is 29.6 Å². The number of carboxylic acid groups (broad SMARTS) is 1. The third-order valence-electron chi connectivity index (χ3n) is 5.00. The summed E-state index contributed by atoms with van der Waals surface area (Å²) in [4.78, 5) is 61.2. The molecule has 12 nitrogen and oxygen atoms in total. The molecule has 0 aromatic rings. The van der Waals surface area contributed by atoms with E-state index in [1.807, 2.05) is 13.8 Å². The molecule has 0 radical (unpaired) electrons. The van der Waals surface area contributed by atoms with E-state index in [4.69, 9.17) is 17.2 Å². The molecule has 4 amide bonds. The number of hydrogen-bond donors (Lipinski definition) is 7. The fourth-order valence-corrected chi connectivity index (χ4v) is 3.30. The molecule has 0 rings (SSSR count). The van der Waals surface area contributed by atoms with E-state index in [9.17, 15) is 29.1 Å². The largest absolute Gasteiger partial charge is 0.480 e. The number of nitrogens with one attached hydrogen (secondary N) is 3. The Morgan fingerprint density at radius 1 is 0.765 bits per heavy atom. The van der Waals surface area contributed by atoms with Crippen LogP contribution in [-0.2, 0) is 24.0 Å². The maximum Gasteiger partial charge on any atom is 0.326 e. The molecular weight excluding hydrogens is 444 g/mol. The Morgan fingerprint density at radius 2 is 1.26 bits per heavy atom. The number of unbranched alkanes of at least 4 members (excludes halogenated alkanes) is 1. The molecule has 0 aliphatic carbocycles. The van der Waals surface area contributed by atoms with Gasteiger partial charge in [0.1, 0.15) is 18.1 Å². The van der Waals surface area contributed by atoms with Gasteiger partial charge in [0.2, 0.25) is 23.6 Å². The van der Waals surface area contributed by atoms with Crippen LogP contribution in [0.2, 0.25) is 0 Å². The van der Waals surface area contributed by atoms with Gasteiger partial charge in [0.05, 0.1) is 12.5 Å². The van der Waals surface area contributed by atoms with Crippen LogP contribution < -0.4 is 33.2 Å². The first kappa shape index (κ1) is 31.3. The highest BCUT2D eigenvalue weighted by molar-refractivity contribution is 5.96. The Hall–Kier alpha value is -2.73. The van der Waals surface area contributed by atoms with Gasteiger partial charge >= 0.3 is 5.97 Å². The average Bonchev–Trinajstić information content (AvgIpc) is 2.70. The zero-order chi connectivity index (χ0) is 26.4. The molecule has 196 valence electrons. The van der Waals surface area contributed by atoms with Crippen LogP contribution in [0.3, 0.4) is 0 Å². The van der Waals surface area contributed by atoms with Gasteiger partial charge in [-0.15, -0.1) is 0 Å². The fourth-order valence-electron chi connectivity index (χ4n) is 3.30. The predicted octanol–water partition coefficient (Wildman–Crippen LogP) is -1.05. The van der Waals surface area contributed by atoms with Gasteiger partial charge < -0.3 is 38.3 Å². The summed E-state index contributed by atoms with van der Waals surface area (Å²) in [5, 5.41) is 16.8. The van der Waals surface area contributed by atoms with E-state index in [0.29, 0.717) is 25.8 Å². The molecule has 0 bridgehead atoms. The first-order chi connectivity index (χ1) is 15.8. The minimum atomic E-state index is -1.41. The highest BCUT2D eigenvalue weighted by Crippen LogP contribution is 2.08. The second-order valence-corrected chi connectivity index (χ2v) is 9.34. The molecule has 0 saturated heterocycles. The van der Waals surface area contributed by atoms with E-state index in [1.165, 1.54) is 0 Å². The van der Waals surface area contributed by atoms with E-state index in [1.54, 1.807) is 13.8 Å². The highest BCUT2D eigenvalue weighted by Gasteiger charge is 2.31. The number of carbonyl (C=O) groups is 5. The smallest absolute Gasteiger partial charge is 0.326 e. The summed E-state index contributed by atoms with van der Waals surface area (Å²) >= 11 is 0. The summed E-state index contributed by atoms with van der Waals surface area (Å²) in [6, 6.07) is -4.45. The van der Waals surface area contributed by atoms with Gasteiger partial charge in [0.15, 0.2) is 0 Å². The van der Waals surface area contributed by atoms with Gasteiger partial charge in [-0.1, -0.05) is 27.7 Å². The van der Waals surface area contributed by atoms with E-state index in [-0.39, 0.29) is 24.7 Å². The van der Waals surface area contributed by atoms with Crippen LogP contribution in [0.1, 0.15) is 66.2 Å². The molecule has 0 spiro atoms. The number of amides is 4. The lowest BCUT2D eigenvalue weighted by Crippen LogP contribution is -2.57. The molecule has 12 heteroatoms. The zero-order valence-electron chi connectivity index (χ0n) is 20.6. The number of nitrogens with two attached hydrogens (primary N) is 3. The Bertz CT molecular complexity index is 699. The van der Waals surface area contributed by atoms with Gasteiger partial charge in [0, 0.05) is 0 Å². The van der Waals surface area contributed by atoms with Crippen molar-refractivity contribution in [3.63, 3.8) is 0 Å². The van der Waals surface area contributed by atoms with Crippen molar-refractivity contribution in [1.82, 2.24) is 16.0 Å². The minimum Gasteiger partial charge on any atom is -0.480 e. The van der Waals surface area contributed by atoms with Crippen molar-refractivity contribution < 1.29 is 29.1 Å². The SMILES string of the molecule is CC(C)CC(N)C(=O)NC(CCCCN)C(=O)NC(CC(N)=O)C(=O)NC(CC(C)C)C(=O)O. The highest BCUT2D eigenvalue weighted by atomic mass is 16.4. The van der Waals surface area contributed by atoms with E-state index in [0.717, 1.165) is 0 Å². The normalized spacial score (nSPS) is 14.7. The molecule has 0 fully saturated rings. The van der Waals surface area contributed by atoms with Crippen molar-refractivity contribution in [2.45, 2.75) is 90.4 Å².